The second-order valence-electron chi connectivity index (χ2n) is 6.42. The molecule has 1 fully saturated rings. The van der Waals surface area contributed by atoms with Gasteiger partial charge in [-0.2, -0.15) is 4.98 Å². The first-order chi connectivity index (χ1) is 12.2. The lowest BCUT2D eigenvalue weighted by molar-refractivity contribution is -0.133. The van der Waals surface area contributed by atoms with E-state index in [2.05, 4.69) is 15.5 Å². The number of carbonyl (C=O) groups is 1. The van der Waals surface area contributed by atoms with Crippen LogP contribution in [0, 0.1) is 5.92 Å². The van der Waals surface area contributed by atoms with E-state index in [1.165, 1.54) is 6.42 Å². The van der Waals surface area contributed by atoms with Gasteiger partial charge in [-0.25, -0.2) is 0 Å². The van der Waals surface area contributed by atoms with Crippen LogP contribution in [0.25, 0.3) is 11.4 Å². The van der Waals surface area contributed by atoms with Gasteiger partial charge in [-0.3, -0.25) is 4.79 Å². The van der Waals surface area contributed by atoms with Crippen molar-refractivity contribution in [2.45, 2.75) is 25.7 Å². The van der Waals surface area contributed by atoms with Crippen molar-refractivity contribution in [3.8, 4) is 11.4 Å². The number of halogens is 2. The number of rotatable bonds is 6. The molecule has 0 bridgehead atoms. The molecule has 1 aromatic heterocycles. The first-order valence-electron chi connectivity index (χ1n) is 8.66. The molecule has 2 aromatic rings. The molecule has 1 aliphatic rings. The molecule has 3 rings (SSSR count). The maximum Gasteiger partial charge on any atom is 0.227 e. The van der Waals surface area contributed by atoms with Gasteiger partial charge in [0.15, 0.2) is 0 Å². The van der Waals surface area contributed by atoms with Crippen molar-refractivity contribution in [2.75, 3.05) is 26.7 Å². The molecule has 0 spiro atoms. The zero-order chi connectivity index (χ0) is 17.6. The van der Waals surface area contributed by atoms with Crippen LogP contribution >= 0.6 is 24.0 Å². The number of nitrogens with zero attached hydrogens (tertiary/aromatic N) is 3. The van der Waals surface area contributed by atoms with Crippen molar-refractivity contribution < 1.29 is 9.32 Å². The number of piperidine rings is 1. The average molecular weight is 399 g/mol. The third kappa shape index (κ3) is 5.43. The molecule has 26 heavy (non-hydrogen) atoms. The highest BCUT2D eigenvalue weighted by atomic mass is 35.5. The molecular weight excluding hydrogens is 375 g/mol. The fourth-order valence-electron chi connectivity index (χ4n) is 3.19. The molecule has 1 amide bonds. The number of likely N-dealkylation sites (tertiary alicyclic amines) is 1. The van der Waals surface area contributed by atoms with Gasteiger partial charge in [0.2, 0.25) is 17.6 Å². The molecule has 6 nitrogen and oxygen atoms in total. The van der Waals surface area contributed by atoms with E-state index in [-0.39, 0.29) is 18.3 Å². The Kier molecular flexibility index (Phi) is 7.87. The number of amides is 1. The molecule has 1 unspecified atom stereocenters. The van der Waals surface area contributed by atoms with Gasteiger partial charge in [-0.15, -0.1) is 12.4 Å². The molecule has 1 N–H and O–H groups in total. The van der Waals surface area contributed by atoms with Crippen molar-refractivity contribution in [2.24, 2.45) is 5.92 Å². The molecule has 0 radical (unpaired) electrons. The molecule has 0 aliphatic carbocycles. The van der Waals surface area contributed by atoms with Gasteiger partial charge in [-0.05, 0) is 56.6 Å². The van der Waals surface area contributed by atoms with Crippen LogP contribution < -0.4 is 5.32 Å². The van der Waals surface area contributed by atoms with Crippen molar-refractivity contribution in [3.63, 3.8) is 0 Å². The highest BCUT2D eigenvalue weighted by Gasteiger charge is 2.23. The number of aromatic nitrogens is 2. The zero-order valence-electron chi connectivity index (χ0n) is 14.8. The minimum atomic E-state index is 0. The van der Waals surface area contributed by atoms with Gasteiger partial charge in [0.25, 0.3) is 0 Å². The largest absolute Gasteiger partial charge is 0.342 e. The van der Waals surface area contributed by atoms with Crippen LogP contribution in [0.5, 0.6) is 0 Å². The van der Waals surface area contributed by atoms with Gasteiger partial charge < -0.3 is 14.7 Å². The van der Waals surface area contributed by atoms with E-state index in [4.69, 9.17) is 16.1 Å². The second-order valence-corrected chi connectivity index (χ2v) is 6.86. The van der Waals surface area contributed by atoms with E-state index in [1.54, 1.807) is 12.1 Å². The molecule has 1 aromatic carbocycles. The number of benzene rings is 1. The number of aryl methyl sites for hydroxylation is 1. The summed E-state index contributed by atoms with van der Waals surface area (Å²) in [6, 6.07) is 7.26. The molecular formula is C18H24Cl2N4O2. The molecule has 8 heteroatoms. The Bertz CT molecular complexity index is 703. The van der Waals surface area contributed by atoms with Crippen molar-refractivity contribution in [3.05, 3.63) is 35.2 Å². The Morgan fingerprint density at radius 3 is 2.88 bits per heavy atom. The number of nitrogens with one attached hydrogen (secondary N) is 1. The van der Waals surface area contributed by atoms with Gasteiger partial charge in [0.05, 0.1) is 0 Å². The topological polar surface area (TPSA) is 71.3 Å². The van der Waals surface area contributed by atoms with E-state index < -0.39 is 0 Å². The second kappa shape index (κ2) is 9.90. The zero-order valence-corrected chi connectivity index (χ0v) is 16.4. The summed E-state index contributed by atoms with van der Waals surface area (Å²) >= 11 is 5.88. The monoisotopic (exact) mass is 398 g/mol. The summed E-state index contributed by atoms with van der Waals surface area (Å²) in [5.41, 5.74) is 0.844. The molecule has 1 atom stereocenters. The average Bonchev–Trinajstić information content (AvgIpc) is 3.10. The molecule has 142 valence electrons. The minimum Gasteiger partial charge on any atom is -0.342 e. The fraction of sp³-hybridized carbons (Fsp3) is 0.500. The Morgan fingerprint density at radius 1 is 1.38 bits per heavy atom. The summed E-state index contributed by atoms with van der Waals surface area (Å²) in [6.07, 6.45) is 3.11. The summed E-state index contributed by atoms with van der Waals surface area (Å²) < 4.78 is 5.27. The molecule has 2 heterocycles. The Morgan fingerprint density at radius 2 is 2.15 bits per heavy atom. The first-order valence-corrected chi connectivity index (χ1v) is 9.04. The first kappa shape index (κ1) is 20.7. The summed E-state index contributed by atoms with van der Waals surface area (Å²) in [5, 5.41) is 7.84. The predicted molar refractivity (Wildman–Crippen MR) is 104 cm³/mol. The van der Waals surface area contributed by atoms with E-state index in [0.29, 0.717) is 35.5 Å². The summed E-state index contributed by atoms with van der Waals surface area (Å²) in [6.45, 7) is 2.64. The van der Waals surface area contributed by atoms with E-state index >= 15 is 0 Å². The van der Waals surface area contributed by atoms with Crippen LogP contribution in [-0.4, -0.2) is 47.6 Å². The van der Waals surface area contributed by atoms with Crippen LogP contribution in [0.4, 0.5) is 0 Å². The van der Waals surface area contributed by atoms with Gasteiger partial charge in [0, 0.05) is 36.5 Å². The number of hydrogen-bond acceptors (Lipinski definition) is 5. The molecule has 0 saturated carbocycles. The lowest BCUT2D eigenvalue weighted by atomic mass is 9.97. The summed E-state index contributed by atoms with van der Waals surface area (Å²) in [5.74, 6) is 1.71. The van der Waals surface area contributed by atoms with Crippen LogP contribution in [0.2, 0.25) is 5.02 Å². The van der Waals surface area contributed by atoms with Crippen molar-refractivity contribution >= 4 is 29.9 Å². The highest BCUT2D eigenvalue weighted by Crippen LogP contribution is 2.20. The normalized spacial score (nSPS) is 17.0. The lowest BCUT2D eigenvalue weighted by Crippen LogP contribution is -2.42. The lowest BCUT2D eigenvalue weighted by Gasteiger charge is -2.32. The number of carbonyl (C=O) groups excluding carboxylic acids is 1. The Hall–Kier alpha value is -1.63. The smallest absolute Gasteiger partial charge is 0.227 e. The van der Waals surface area contributed by atoms with Crippen molar-refractivity contribution in [1.29, 1.82) is 0 Å². The third-order valence-electron chi connectivity index (χ3n) is 4.49. The maximum atomic E-state index is 12.4. The van der Waals surface area contributed by atoms with E-state index in [1.807, 2.05) is 24.1 Å². The minimum absolute atomic E-state index is 0. The Labute approximate surface area is 164 Å². The maximum absolute atomic E-state index is 12.4. The van der Waals surface area contributed by atoms with Crippen LogP contribution in [0.1, 0.15) is 25.2 Å². The van der Waals surface area contributed by atoms with Gasteiger partial charge in [-0.1, -0.05) is 16.8 Å². The van der Waals surface area contributed by atoms with Gasteiger partial charge >= 0.3 is 0 Å². The van der Waals surface area contributed by atoms with Crippen LogP contribution in [0.3, 0.4) is 0 Å². The van der Waals surface area contributed by atoms with E-state index in [9.17, 15) is 4.79 Å². The standard InChI is InChI=1S/C18H23ClN4O2.ClH/c1-20-11-13-3-2-10-23(12-13)17(24)9-8-16-21-18(22-25-16)14-4-6-15(19)7-5-14;/h4-7,13,20H,2-3,8-12H2,1H3;1H. The third-order valence-corrected chi connectivity index (χ3v) is 4.74. The molecule has 1 aliphatic heterocycles. The van der Waals surface area contributed by atoms with E-state index in [0.717, 1.165) is 31.6 Å². The SMILES string of the molecule is CNCC1CCCN(C(=O)CCc2nc(-c3ccc(Cl)cc3)no2)C1.Cl. The number of hydrogen-bond donors (Lipinski definition) is 1. The highest BCUT2D eigenvalue weighted by molar-refractivity contribution is 6.30. The summed E-state index contributed by atoms with van der Waals surface area (Å²) in [7, 11) is 1.95. The molecule has 1 saturated heterocycles. The van der Waals surface area contributed by atoms with Crippen molar-refractivity contribution in [1.82, 2.24) is 20.4 Å². The predicted octanol–water partition coefficient (Wildman–Crippen LogP) is 3.20. The van der Waals surface area contributed by atoms with Crippen LogP contribution in [0.15, 0.2) is 28.8 Å². The fourth-order valence-corrected chi connectivity index (χ4v) is 3.32. The summed E-state index contributed by atoms with van der Waals surface area (Å²) in [4.78, 5) is 18.8. The quantitative estimate of drug-likeness (QED) is 0.808. The van der Waals surface area contributed by atoms with Gasteiger partial charge in [0.1, 0.15) is 0 Å². The van der Waals surface area contributed by atoms with Crippen LogP contribution in [-0.2, 0) is 11.2 Å². The Balaban J connectivity index is 0.00000243.